The maximum absolute atomic E-state index is 13.9. The van der Waals surface area contributed by atoms with Gasteiger partial charge in [0.05, 0.1) is 5.41 Å². The van der Waals surface area contributed by atoms with Crippen LogP contribution in [0.25, 0.3) is 0 Å². The number of hydrogen-bond donors (Lipinski definition) is 0. The van der Waals surface area contributed by atoms with Gasteiger partial charge in [-0.15, -0.1) is 0 Å². The third kappa shape index (κ3) is 4.33. The summed E-state index contributed by atoms with van der Waals surface area (Å²) in [5.74, 6) is -0.178. The van der Waals surface area contributed by atoms with Gasteiger partial charge in [0.15, 0.2) is 5.71 Å². The number of anilines is 1. The quantitative estimate of drug-likeness (QED) is 0.308. The molecule has 35 heavy (non-hydrogen) atoms. The van der Waals surface area contributed by atoms with Crippen molar-refractivity contribution in [3.8, 4) is 0 Å². The summed E-state index contributed by atoms with van der Waals surface area (Å²) in [6.45, 7) is 17.3. The van der Waals surface area contributed by atoms with Gasteiger partial charge in [-0.05, 0) is 64.5 Å². The van der Waals surface area contributed by atoms with Gasteiger partial charge in [-0.25, -0.2) is 4.39 Å². The molecule has 0 amide bonds. The van der Waals surface area contributed by atoms with E-state index in [4.69, 9.17) is 0 Å². The predicted octanol–water partition coefficient (Wildman–Crippen LogP) is 7.90. The highest BCUT2D eigenvalue weighted by Crippen LogP contribution is 2.47. The van der Waals surface area contributed by atoms with Crippen molar-refractivity contribution in [2.45, 2.75) is 59.3 Å². The van der Waals surface area contributed by atoms with E-state index in [2.05, 4.69) is 119 Å². The van der Waals surface area contributed by atoms with E-state index in [1.165, 1.54) is 28.2 Å². The minimum absolute atomic E-state index is 0.0197. The average Bonchev–Trinajstić information content (AvgIpc) is 3.16. The van der Waals surface area contributed by atoms with Crippen molar-refractivity contribution in [1.82, 2.24) is 0 Å². The molecule has 0 N–H and O–H groups in total. The molecule has 0 unspecified atom stereocenters. The molecule has 3 heteroatoms. The van der Waals surface area contributed by atoms with Gasteiger partial charge in [-0.2, -0.15) is 4.58 Å². The molecule has 4 rings (SSSR count). The van der Waals surface area contributed by atoms with Crippen molar-refractivity contribution < 1.29 is 8.97 Å². The minimum atomic E-state index is -0.233. The second-order valence-corrected chi connectivity index (χ2v) is 10.5. The van der Waals surface area contributed by atoms with Crippen molar-refractivity contribution in [3.63, 3.8) is 0 Å². The van der Waals surface area contributed by atoms with Gasteiger partial charge >= 0.3 is 0 Å². The molecule has 2 nitrogen and oxygen atoms in total. The Balaban J connectivity index is 1.51. The molecule has 0 bridgehead atoms. The number of allylic oxidation sites excluding steroid dienone is 8. The number of aryl methyl sites for hydroxylation is 1. The zero-order valence-corrected chi connectivity index (χ0v) is 22.2. The van der Waals surface area contributed by atoms with E-state index < -0.39 is 0 Å². The lowest BCUT2D eigenvalue weighted by Crippen LogP contribution is -2.27. The fourth-order valence-corrected chi connectivity index (χ4v) is 5.60. The van der Waals surface area contributed by atoms with E-state index in [1.807, 2.05) is 6.07 Å². The van der Waals surface area contributed by atoms with E-state index in [-0.39, 0.29) is 16.6 Å². The van der Waals surface area contributed by atoms with Gasteiger partial charge in [0.2, 0.25) is 5.69 Å². The lowest BCUT2D eigenvalue weighted by Gasteiger charge is -2.25. The lowest BCUT2D eigenvalue weighted by atomic mass is 9.81. The van der Waals surface area contributed by atoms with Crippen LogP contribution >= 0.6 is 0 Å². The van der Waals surface area contributed by atoms with Crippen LogP contribution in [0.1, 0.15) is 58.2 Å². The predicted molar refractivity (Wildman–Crippen MR) is 148 cm³/mol. The fraction of sp³-hybridized carbons (Fsp3) is 0.344. The molecule has 2 aromatic rings. The topological polar surface area (TPSA) is 6.25 Å². The van der Waals surface area contributed by atoms with Crippen LogP contribution in [0.4, 0.5) is 15.8 Å². The smallest absolute Gasteiger partial charge is 0.209 e. The minimum Gasteiger partial charge on any atom is -0.344 e. The third-order valence-electron chi connectivity index (χ3n) is 7.49. The zero-order chi connectivity index (χ0) is 25.4. The highest BCUT2D eigenvalue weighted by atomic mass is 19.1. The van der Waals surface area contributed by atoms with Crippen LogP contribution in [0, 0.1) is 12.7 Å². The lowest BCUT2D eigenvalue weighted by molar-refractivity contribution is -0.433. The summed E-state index contributed by atoms with van der Waals surface area (Å²) < 4.78 is 16.2. The van der Waals surface area contributed by atoms with Crippen LogP contribution in [0.3, 0.4) is 0 Å². The van der Waals surface area contributed by atoms with Crippen LogP contribution < -0.4 is 4.90 Å². The van der Waals surface area contributed by atoms with Gasteiger partial charge in [0.1, 0.15) is 12.4 Å². The molecule has 0 spiro atoms. The molecular formula is C32H38FN2+. The van der Waals surface area contributed by atoms with Crippen LogP contribution in [-0.4, -0.2) is 23.4 Å². The Morgan fingerprint density at radius 3 is 2.29 bits per heavy atom. The molecule has 0 fully saturated rings. The SMILES string of the molecule is CCN1/C(=C/C=C/C=C/C=C/C2=[N+](CC)c3ccc(F)cc3C2(C)C)C(C)(C)c2cc(C)ccc21. The molecule has 0 radical (unpaired) electrons. The van der Waals surface area contributed by atoms with Gasteiger partial charge in [-0.3, -0.25) is 0 Å². The van der Waals surface area contributed by atoms with Crippen molar-refractivity contribution in [1.29, 1.82) is 0 Å². The number of benzene rings is 2. The second-order valence-electron chi connectivity index (χ2n) is 10.5. The first kappa shape index (κ1) is 24.9. The zero-order valence-electron chi connectivity index (χ0n) is 22.2. The Hall–Kier alpha value is -3.20. The summed E-state index contributed by atoms with van der Waals surface area (Å²) in [5.41, 5.74) is 8.43. The van der Waals surface area contributed by atoms with E-state index in [1.54, 1.807) is 12.1 Å². The molecule has 0 aliphatic carbocycles. The Morgan fingerprint density at radius 1 is 0.857 bits per heavy atom. The Kier molecular flexibility index (Phi) is 6.73. The van der Waals surface area contributed by atoms with Crippen LogP contribution in [0.5, 0.6) is 0 Å². The Morgan fingerprint density at radius 2 is 1.57 bits per heavy atom. The normalized spacial score (nSPS) is 19.7. The van der Waals surface area contributed by atoms with Crippen LogP contribution in [-0.2, 0) is 10.8 Å². The molecule has 0 aromatic heterocycles. The molecule has 0 atom stereocenters. The van der Waals surface area contributed by atoms with E-state index in [0.717, 1.165) is 24.3 Å². The van der Waals surface area contributed by atoms with Crippen molar-refractivity contribution in [3.05, 3.63) is 107 Å². The number of rotatable bonds is 6. The third-order valence-corrected chi connectivity index (χ3v) is 7.49. The van der Waals surface area contributed by atoms with Crippen LogP contribution in [0.2, 0.25) is 0 Å². The Labute approximate surface area is 210 Å². The maximum atomic E-state index is 13.9. The monoisotopic (exact) mass is 469 g/mol. The van der Waals surface area contributed by atoms with E-state index >= 15 is 0 Å². The standard InChI is InChI=1S/C32H38FN2/c1-8-34-27-19-17-23(3)21-25(27)31(4,5)29(34)15-13-11-10-12-14-16-30-32(6,7)26-22-24(33)18-20-28(26)35(30)9-2/h10-22H,8-9H2,1-7H3/q+1. The molecule has 2 aromatic carbocycles. The number of likely N-dealkylation sites (N-methyl/N-ethyl adjacent to an activating group) is 1. The molecule has 0 saturated heterocycles. The number of fused-ring (bicyclic) bond motifs is 2. The largest absolute Gasteiger partial charge is 0.344 e. The summed E-state index contributed by atoms with van der Waals surface area (Å²) in [6, 6.07) is 11.9. The van der Waals surface area contributed by atoms with Gasteiger partial charge in [0.25, 0.3) is 0 Å². The molecule has 182 valence electrons. The molecular weight excluding hydrogens is 431 g/mol. The Bertz CT molecular complexity index is 1280. The van der Waals surface area contributed by atoms with Gasteiger partial charge < -0.3 is 4.90 Å². The molecule has 2 heterocycles. The summed E-state index contributed by atoms with van der Waals surface area (Å²) in [7, 11) is 0. The number of nitrogens with zero attached hydrogens (tertiary/aromatic N) is 2. The fourth-order valence-electron chi connectivity index (χ4n) is 5.60. The average molecular weight is 470 g/mol. The van der Waals surface area contributed by atoms with Gasteiger partial charge in [-0.1, -0.05) is 61.9 Å². The van der Waals surface area contributed by atoms with E-state index in [9.17, 15) is 4.39 Å². The second kappa shape index (κ2) is 9.45. The summed E-state index contributed by atoms with van der Waals surface area (Å²) in [6.07, 6.45) is 14.8. The van der Waals surface area contributed by atoms with Gasteiger partial charge in [0, 0.05) is 41.1 Å². The first-order chi connectivity index (χ1) is 16.6. The highest BCUT2D eigenvalue weighted by Gasteiger charge is 2.44. The molecule has 2 aliphatic rings. The van der Waals surface area contributed by atoms with Crippen LogP contribution in [0.15, 0.2) is 84.6 Å². The summed E-state index contributed by atoms with van der Waals surface area (Å²) in [5, 5.41) is 0. The van der Waals surface area contributed by atoms with Crippen molar-refractivity contribution in [2.75, 3.05) is 18.0 Å². The number of halogens is 1. The summed E-state index contributed by atoms with van der Waals surface area (Å²) >= 11 is 0. The highest BCUT2D eigenvalue weighted by molar-refractivity contribution is 6.03. The van der Waals surface area contributed by atoms with E-state index in [0.29, 0.717) is 0 Å². The number of hydrogen-bond acceptors (Lipinski definition) is 1. The molecule has 2 aliphatic heterocycles. The first-order valence-corrected chi connectivity index (χ1v) is 12.7. The summed E-state index contributed by atoms with van der Waals surface area (Å²) in [4.78, 5) is 2.42. The first-order valence-electron chi connectivity index (χ1n) is 12.7. The van der Waals surface area contributed by atoms with Crippen molar-refractivity contribution in [2.24, 2.45) is 0 Å². The molecule has 0 saturated carbocycles. The maximum Gasteiger partial charge on any atom is 0.209 e. The van der Waals surface area contributed by atoms with Crippen molar-refractivity contribution >= 4 is 17.1 Å².